The van der Waals surface area contributed by atoms with E-state index in [0.29, 0.717) is 0 Å². The Morgan fingerprint density at radius 1 is 0.704 bits per heavy atom. The zero-order chi connectivity index (χ0) is 19.3. The van der Waals surface area contributed by atoms with Gasteiger partial charge in [0.1, 0.15) is 0 Å². The molecule has 0 saturated carbocycles. The number of aromatic nitrogens is 2. The predicted molar refractivity (Wildman–Crippen MR) is 120 cm³/mol. The summed E-state index contributed by atoms with van der Waals surface area (Å²) >= 11 is 0. The van der Waals surface area contributed by atoms with E-state index in [-0.39, 0.29) is 0 Å². The van der Waals surface area contributed by atoms with Crippen LogP contribution in [0.15, 0.2) is 48.8 Å². The number of benzene rings is 2. The third-order valence-electron chi connectivity index (χ3n) is 5.16. The van der Waals surface area contributed by atoms with Crippen molar-refractivity contribution in [3.8, 4) is 11.3 Å². The Balaban J connectivity index is 2.09. The Hall–Kier alpha value is -2.52. The maximum Gasteiger partial charge on any atom is 0.0804 e. The number of hydrogen-bond acceptors (Lipinski definition) is 2. The first kappa shape index (κ1) is 17.9. The highest BCUT2D eigenvalue weighted by Crippen LogP contribution is 2.32. The molecule has 0 aliphatic heterocycles. The van der Waals surface area contributed by atoms with Crippen molar-refractivity contribution in [1.29, 1.82) is 0 Å². The van der Waals surface area contributed by atoms with Gasteiger partial charge >= 0.3 is 0 Å². The first-order valence-corrected chi connectivity index (χ1v) is 13.0. The summed E-state index contributed by atoms with van der Waals surface area (Å²) in [5, 5.41) is 5.05. The lowest BCUT2D eigenvalue weighted by Gasteiger charge is -2.20. The van der Waals surface area contributed by atoms with E-state index in [1.165, 1.54) is 32.6 Å². The molecule has 2 heterocycles. The van der Waals surface area contributed by atoms with Gasteiger partial charge in [-0.25, -0.2) is 0 Å². The Morgan fingerprint density at radius 3 is 2.04 bits per heavy atom. The average molecular weight is 371 g/mol. The number of rotatable bonds is 2. The number of hydrogen-bond donors (Lipinski definition) is 0. The molecule has 0 radical (unpaired) electrons. The predicted octanol–water partition coefficient (Wildman–Crippen LogP) is 5.92. The SMILES string of the molecule is Cc1cc(C)cc(-c2nccc3c2cnc2c([Si](C)(C)C)cc(C)cc23)c1. The third kappa shape index (κ3) is 3.17. The number of fused-ring (bicyclic) bond motifs is 3. The van der Waals surface area contributed by atoms with Gasteiger partial charge in [0.25, 0.3) is 0 Å². The molecule has 0 aliphatic rings. The summed E-state index contributed by atoms with van der Waals surface area (Å²) in [7, 11) is -1.49. The van der Waals surface area contributed by atoms with Crippen LogP contribution in [-0.2, 0) is 0 Å². The van der Waals surface area contributed by atoms with Gasteiger partial charge < -0.3 is 0 Å². The van der Waals surface area contributed by atoms with Crippen LogP contribution in [0.1, 0.15) is 16.7 Å². The fourth-order valence-electron chi connectivity index (χ4n) is 4.00. The molecular weight excluding hydrogens is 344 g/mol. The summed E-state index contributed by atoms with van der Waals surface area (Å²) in [6, 6.07) is 13.4. The molecule has 0 aliphatic carbocycles. The summed E-state index contributed by atoms with van der Waals surface area (Å²) in [4.78, 5) is 9.67. The molecule has 136 valence electrons. The maximum atomic E-state index is 4.94. The van der Waals surface area contributed by atoms with Crippen molar-refractivity contribution in [1.82, 2.24) is 9.97 Å². The van der Waals surface area contributed by atoms with E-state index in [2.05, 4.69) is 76.8 Å². The van der Waals surface area contributed by atoms with Gasteiger partial charge in [-0.1, -0.05) is 48.5 Å². The van der Waals surface area contributed by atoms with Gasteiger partial charge in [-0.05, 0) is 55.6 Å². The summed E-state index contributed by atoms with van der Waals surface area (Å²) in [5.74, 6) is 0. The Morgan fingerprint density at radius 2 is 1.37 bits per heavy atom. The average Bonchev–Trinajstić information content (AvgIpc) is 2.58. The quantitative estimate of drug-likeness (QED) is 0.323. The Kier molecular flexibility index (Phi) is 4.15. The summed E-state index contributed by atoms with van der Waals surface area (Å²) < 4.78 is 0. The fraction of sp³-hybridized carbons (Fsp3) is 0.250. The van der Waals surface area contributed by atoms with Crippen molar-refractivity contribution in [2.45, 2.75) is 40.4 Å². The van der Waals surface area contributed by atoms with Gasteiger partial charge in [0.15, 0.2) is 0 Å². The minimum absolute atomic E-state index is 1.02. The molecule has 0 fully saturated rings. The Bertz CT molecular complexity index is 1170. The first-order chi connectivity index (χ1) is 12.7. The monoisotopic (exact) mass is 370 g/mol. The smallest absolute Gasteiger partial charge is 0.0804 e. The van der Waals surface area contributed by atoms with Crippen LogP contribution >= 0.6 is 0 Å². The minimum atomic E-state index is -1.49. The van der Waals surface area contributed by atoms with Crippen LogP contribution in [0.5, 0.6) is 0 Å². The molecule has 4 rings (SSSR count). The molecule has 0 N–H and O–H groups in total. The maximum absolute atomic E-state index is 4.94. The van der Waals surface area contributed by atoms with Crippen LogP contribution in [0, 0.1) is 20.8 Å². The van der Waals surface area contributed by atoms with E-state index in [9.17, 15) is 0 Å². The van der Waals surface area contributed by atoms with E-state index < -0.39 is 8.07 Å². The van der Waals surface area contributed by atoms with Crippen molar-refractivity contribution < 1.29 is 0 Å². The lowest BCUT2D eigenvalue weighted by molar-refractivity contribution is 1.32. The summed E-state index contributed by atoms with van der Waals surface area (Å²) in [6.45, 7) is 13.6. The second-order valence-electron chi connectivity index (χ2n) is 8.71. The highest BCUT2D eigenvalue weighted by atomic mass is 28.3. The molecule has 2 aromatic heterocycles. The topological polar surface area (TPSA) is 25.8 Å². The van der Waals surface area contributed by atoms with Crippen molar-refractivity contribution in [3.63, 3.8) is 0 Å². The van der Waals surface area contributed by atoms with Gasteiger partial charge in [-0.15, -0.1) is 0 Å². The second kappa shape index (κ2) is 6.27. The lowest BCUT2D eigenvalue weighted by Crippen LogP contribution is -2.38. The summed E-state index contributed by atoms with van der Waals surface area (Å²) in [6.07, 6.45) is 3.96. The van der Waals surface area contributed by atoms with E-state index in [1.807, 2.05) is 12.4 Å². The normalized spacial score (nSPS) is 12.1. The lowest BCUT2D eigenvalue weighted by atomic mass is 9.99. The molecule has 2 aromatic carbocycles. The van der Waals surface area contributed by atoms with Crippen LogP contribution in [0.25, 0.3) is 32.9 Å². The van der Waals surface area contributed by atoms with E-state index >= 15 is 0 Å². The summed E-state index contributed by atoms with van der Waals surface area (Å²) in [5.41, 5.74) is 7.16. The van der Waals surface area contributed by atoms with Crippen LogP contribution in [0.3, 0.4) is 0 Å². The van der Waals surface area contributed by atoms with Crippen molar-refractivity contribution >= 4 is 34.9 Å². The van der Waals surface area contributed by atoms with Gasteiger partial charge in [0.2, 0.25) is 0 Å². The first-order valence-electron chi connectivity index (χ1n) is 9.51. The molecular formula is C24H26N2Si. The fourth-order valence-corrected chi connectivity index (χ4v) is 5.57. The number of aryl methyl sites for hydroxylation is 3. The van der Waals surface area contributed by atoms with Crippen LogP contribution in [-0.4, -0.2) is 18.0 Å². The van der Waals surface area contributed by atoms with Crippen LogP contribution in [0.2, 0.25) is 19.6 Å². The molecule has 0 atom stereocenters. The van der Waals surface area contributed by atoms with Gasteiger partial charge in [0.05, 0.1) is 19.3 Å². The second-order valence-corrected chi connectivity index (χ2v) is 13.8. The molecule has 0 amide bonds. The van der Waals surface area contributed by atoms with Gasteiger partial charge in [0, 0.05) is 28.7 Å². The van der Waals surface area contributed by atoms with Crippen LogP contribution < -0.4 is 5.19 Å². The van der Waals surface area contributed by atoms with Crippen molar-refractivity contribution in [2.24, 2.45) is 0 Å². The zero-order valence-corrected chi connectivity index (χ0v) is 18.0. The molecule has 0 spiro atoms. The largest absolute Gasteiger partial charge is 0.256 e. The third-order valence-corrected chi connectivity index (χ3v) is 7.16. The molecule has 4 aromatic rings. The Labute approximate surface area is 162 Å². The van der Waals surface area contributed by atoms with E-state index in [4.69, 9.17) is 9.97 Å². The highest BCUT2D eigenvalue weighted by molar-refractivity contribution is 6.90. The molecule has 0 unspecified atom stereocenters. The van der Waals surface area contributed by atoms with Crippen molar-refractivity contribution in [3.05, 3.63) is 65.5 Å². The molecule has 0 bridgehead atoms. The minimum Gasteiger partial charge on any atom is -0.256 e. The van der Waals surface area contributed by atoms with E-state index in [0.717, 1.165) is 22.2 Å². The van der Waals surface area contributed by atoms with Gasteiger partial charge in [-0.2, -0.15) is 0 Å². The van der Waals surface area contributed by atoms with Gasteiger partial charge in [-0.3, -0.25) is 9.97 Å². The van der Waals surface area contributed by atoms with Crippen molar-refractivity contribution in [2.75, 3.05) is 0 Å². The number of pyridine rings is 2. The van der Waals surface area contributed by atoms with E-state index in [1.54, 1.807) is 0 Å². The highest BCUT2D eigenvalue weighted by Gasteiger charge is 2.21. The molecule has 2 nitrogen and oxygen atoms in total. The molecule has 3 heteroatoms. The standard InChI is InChI=1S/C24H26N2Si/c1-15-9-16(2)11-18(10-15)23-21-14-26-24-20(19(21)7-8-25-23)12-17(3)13-22(24)27(4,5)6/h7-14H,1-6H3. The molecule has 27 heavy (non-hydrogen) atoms. The zero-order valence-electron chi connectivity index (χ0n) is 17.0. The molecule has 0 saturated heterocycles. The number of nitrogens with zero attached hydrogens (tertiary/aromatic N) is 2. The van der Waals surface area contributed by atoms with Crippen LogP contribution in [0.4, 0.5) is 0 Å².